The second-order valence-corrected chi connectivity index (χ2v) is 17.2. The molecule has 0 spiro atoms. The molecule has 5 fully saturated rings. The van der Waals surface area contributed by atoms with Gasteiger partial charge in [-0.05, 0) is 66.9 Å². The Hall–Kier alpha value is -3.48. The largest absolute Gasteiger partial charge is 0.363 e. The summed E-state index contributed by atoms with van der Waals surface area (Å²) in [6.45, 7) is 4.26. The predicted molar refractivity (Wildman–Crippen MR) is 172 cm³/mol. The Morgan fingerprint density at radius 3 is 2.28 bits per heavy atom. The molecule has 0 aromatic heterocycles. The summed E-state index contributed by atoms with van der Waals surface area (Å²) in [7, 11) is -3.69. The number of primary amides is 1. The lowest BCUT2D eigenvalue weighted by molar-refractivity contribution is -0.202. The first-order valence-electron chi connectivity index (χ1n) is 17.0. The quantitative estimate of drug-likeness (QED) is 0.246. The molecule has 1 aromatic rings. The van der Waals surface area contributed by atoms with Crippen molar-refractivity contribution in [2.75, 3.05) is 18.8 Å². The lowest BCUT2D eigenvalue weighted by Crippen LogP contribution is -2.76. The highest BCUT2D eigenvalue weighted by molar-refractivity contribution is 7.91. The average molecular weight is 670 g/mol. The van der Waals surface area contributed by atoms with Crippen LogP contribution in [0.1, 0.15) is 78.1 Å². The molecule has 1 saturated heterocycles. The van der Waals surface area contributed by atoms with Gasteiger partial charge in [-0.1, -0.05) is 70.6 Å². The monoisotopic (exact) mass is 669 g/mol. The maximum absolute atomic E-state index is 14.1. The summed E-state index contributed by atoms with van der Waals surface area (Å²) in [5.74, 6) is -2.57. The van der Waals surface area contributed by atoms with Crippen LogP contribution < -0.4 is 21.7 Å². The molecule has 256 valence electrons. The van der Waals surface area contributed by atoms with E-state index >= 15 is 0 Å². The van der Waals surface area contributed by atoms with Gasteiger partial charge in [0.15, 0.2) is 9.84 Å². The molecular formula is C34H47N5O7S. The fourth-order valence-corrected chi connectivity index (χ4v) is 11.1. The fourth-order valence-electron chi connectivity index (χ4n) is 9.31. The summed E-state index contributed by atoms with van der Waals surface area (Å²) in [6, 6.07) is 6.50. The van der Waals surface area contributed by atoms with E-state index in [-0.39, 0.29) is 46.3 Å². The molecule has 0 bridgehead atoms. The zero-order chi connectivity index (χ0) is 33.8. The normalized spacial score (nSPS) is 29.1. The first kappa shape index (κ1) is 33.4. The van der Waals surface area contributed by atoms with Gasteiger partial charge in [0.05, 0.1) is 28.8 Å². The maximum Gasteiger partial charge on any atom is 0.315 e. The van der Waals surface area contributed by atoms with Gasteiger partial charge in [0.25, 0.3) is 5.91 Å². The van der Waals surface area contributed by atoms with Crippen molar-refractivity contribution in [1.82, 2.24) is 20.9 Å². The minimum absolute atomic E-state index is 0.0692. The minimum Gasteiger partial charge on any atom is -0.363 e. The fraction of sp³-hybridized carbons (Fsp3) is 0.676. The Labute approximate surface area is 276 Å². The molecule has 5 N–H and O–H groups in total. The zero-order valence-corrected chi connectivity index (χ0v) is 28.1. The molecular weight excluding hydrogens is 622 g/mol. The van der Waals surface area contributed by atoms with E-state index in [0.29, 0.717) is 32.2 Å². The summed E-state index contributed by atoms with van der Waals surface area (Å²) in [5.41, 5.74) is 3.14. The van der Waals surface area contributed by atoms with Gasteiger partial charge in [0, 0.05) is 6.54 Å². The van der Waals surface area contributed by atoms with Crippen LogP contribution in [0.15, 0.2) is 35.2 Å². The van der Waals surface area contributed by atoms with Gasteiger partial charge >= 0.3 is 6.03 Å². The third kappa shape index (κ3) is 5.82. The predicted octanol–water partition coefficient (Wildman–Crippen LogP) is 2.06. The van der Waals surface area contributed by atoms with Crippen LogP contribution in [0, 0.1) is 29.1 Å². The van der Waals surface area contributed by atoms with Crippen molar-refractivity contribution in [1.29, 1.82) is 0 Å². The highest BCUT2D eigenvalue weighted by Crippen LogP contribution is 2.74. The lowest BCUT2D eigenvalue weighted by Gasteiger charge is -2.68. The third-order valence-corrected chi connectivity index (χ3v) is 14.2. The molecule has 6 rings (SSSR count). The molecule has 5 unspecified atom stereocenters. The van der Waals surface area contributed by atoms with Crippen molar-refractivity contribution in [3.05, 3.63) is 30.3 Å². The van der Waals surface area contributed by atoms with Crippen LogP contribution in [0.25, 0.3) is 0 Å². The number of hydrogen-bond donors (Lipinski definition) is 4. The van der Waals surface area contributed by atoms with Crippen molar-refractivity contribution < 1.29 is 32.4 Å². The Balaban J connectivity index is 1.14. The van der Waals surface area contributed by atoms with E-state index in [1.54, 1.807) is 35.2 Å². The van der Waals surface area contributed by atoms with Crippen molar-refractivity contribution in [2.24, 2.45) is 34.8 Å². The van der Waals surface area contributed by atoms with Crippen molar-refractivity contribution in [3.63, 3.8) is 0 Å². The molecule has 0 radical (unpaired) electrons. The van der Waals surface area contributed by atoms with E-state index in [9.17, 15) is 32.4 Å². The molecule has 1 aromatic carbocycles. The molecule has 5 amide bonds. The SMILES string of the molecule is CC1(C)C2CN(C(=O)CNC(=O)NC3(CS(=O)(=O)c4ccccc4)CCCCC3)C3(C(=O)NC(CC4CCC4)C(=O)C(N)=O)CC1C23. The Morgan fingerprint density at radius 1 is 0.979 bits per heavy atom. The number of carbonyl (C=O) groups is 5. The highest BCUT2D eigenvalue weighted by Gasteiger charge is 2.80. The molecule has 4 aliphatic carbocycles. The van der Waals surface area contributed by atoms with Crippen LogP contribution in [0.4, 0.5) is 4.79 Å². The van der Waals surface area contributed by atoms with Crippen LogP contribution in [-0.4, -0.2) is 78.8 Å². The van der Waals surface area contributed by atoms with E-state index in [4.69, 9.17) is 5.73 Å². The van der Waals surface area contributed by atoms with Crippen LogP contribution in [0.2, 0.25) is 0 Å². The molecule has 13 heteroatoms. The van der Waals surface area contributed by atoms with Gasteiger partial charge in [-0.2, -0.15) is 0 Å². The number of nitrogens with zero attached hydrogens (tertiary/aromatic N) is 1. The Bertz CT molecular complexity index is 1550. The van der Waals surface area contributed by atoms with Gasteiger partial charge in [0.2, 0.25) is 17.6 Å². The number of sulfone groups is 1. The summed E-state index contributed by atoms with van der Waals surface area (Å²) in [4.78, 5) is 67.5. The van der Waals surface area contributed by atoms with Crippen LogP contribution in [0.3, 0.4) is 0 Å². The minimum atomic E-state index is -3.69. The second kappa shape index (κ2) is 12.2. The zero-order valence-electron chi connectivity index (χ0n) is 27.3. The van der Waals surface area contributed by atoms with E-state index in [1.807, 2.05) is 0 Å². The molecule has 5 aliphatic rings. The van der Waals surface area contributed by atoms with Gasteiger partial charge in [-0.15, -0.1) is 0 Å². The summed E-state index contributed by atoms with van der Waals surface area (Å²) in [6.07, 6.45) is 7.14. The van der Waals surface area contributed by atoms with Crippen molar-refractivity contribution in [2.45, 2.75) is 100 Å². The number of nitrogens with one attached hydrogen (secondary N) is 3. The van der Waals surface area contributed by atoms with Crippen LogP contribution >= 0.6 is 0 Å². The van der Waals surface area contributed by atoms with E-state index < -0.39 is 56.5 Å². The Morgan fingerprint density at radius 2 is 1.66 bits per heavy atom. The van der Waals surface area contributed by atoms with Gasteiger partial charge in [0.1, 0.15) is 5.54 Å². The number of carbonyl (C=O) groups excluding carboxylic acids is 5. The molecule has 4 saturated carbocycles. The van der Waals surface area contributed by atoms with Gasteiger partial charge < -0.3 is 26.6 Å². The topological polar surface area (TPSA) is 185 Å². The van der Waals surface area contributed by atoms with Gasteiger partial charge in [-0.25, -0.2) is 13.2 Å². The molecule has 1 aliphatic heterocycles. The van der Waals surface area contributed by atoms with E-state index in [1.165, 1.54) is 0 Å². The van der Waals surface area contributed by atoms with E-state index in [0.717, 1.165) is 38.5 Å². The lowest BCUT2D eigenvalue weighted by atomic mass is 9.36. The highest BCUT2D eigenvalue weighted by atomic mass is 32.2. The molecule has 47 heavy (non-hydrogen) atoms. The number of nitrogens with two attached hydrogens (primary N) is 1. The standard InChI is InChI=1S/C34H47N5O7S/c1-32(2)23-17-34(30(43)37-25(28(41)29(35)42)16-21-10-9-11-21)27(23)24(32)19-39(34)26(40)18-36-31(44)38-33(14-7-4-8-15-33)20-47(45,46)22-12-5-3-6-13-22/h3,5-6,12-13,21,23-25,27H,4,7-11,14-20H2,1-2H3,(H2,35,42)(H,37,43)(H2,36,38,44). The van der Waals surface area contributed by atoms with Crippen LogP contribution in [0.5, 0.6) is 0 Å². The van der Waals surface area contributed by atoms with Gasteiger partial charge in [-0.3, -0.25) is 19.2 Å². The van der Waals surface area contributed by atoms with Crippen molar-refractivity contribution in [3.8, 4) is 0 Å². The summed E-state index contributed by atoms with van der Waals surface area (Å²) >= 11 is 0. The van der Waals surface area contributed by atoms with E-state index in [2.05, 4.69) is 29.8 Å². The number of likely N-dealkylation sites (tertiary alicyclic amines) is 1. The molecule has 5 atom stereocenters. The second-order valence-electron chi connectivity index (χ2n) is 15.2. The Kier molecular flexibility index (Phi) is 8.67. The number of urea groups is 1. The van der Waals surface area contributed by atoms with Crippen LogP contribution in [-0.2, 0) is 29.0 Å². The number of ketones is 1. The smallest absolute Gasteiger partial charge is 0.315 e. The first-order valence-corrected chi connectivity index (χ1v) is 18.6. The number of hydrogen-bond acceptors (Lipinski definition) is 7. The first-order chi connectivity index (χ1) is 22.2. The summed E-state index contributed by atoms with van der Waals surface area (Å²) in [5, 5.41) is 8.41. The number of Topliss-reactive ketones (excluding diaryl/α,β-unsaturated/α-hetero) is 1. The number of amides is 5. The molecule has 12 nitrogen and oxygen atoms in total. The number of benzene rings is 1. The number of rotatable bonds is 12. The van der Waals surface area contributed by atoms with Crippen molar-refractivity contribution >= 4 is 39.4 Å². The average Bonchev–Trinajstić information content (AvgIpc) is 3.16. The third-order valence-electron chi connectivity index (χ3n) is 12.2. The summed E-state index contributed by atoms with van der Waals surface area (Å²) < 4.78 is 26.6. The maximum atomic E-state index is 14.1. The molecule has 1 heterocycles.